The molecule has 0 aromatic heterocycles. The van der Waals surface area contributed by atoms with Gasteiger partial charge in [0.1, 0.15) is 0 Å². The van der Waals surface area contributed by atoms with Crippen molar-refractivity contribution < 1.29 is 5.11 Å². The van der Waals surface area contributed by atoms with Crippen LogP contribution >= 0.6 is 0 Å². The van der Waals surface area contributed by atoms with Gasteiger partial charge in [-0.05, 0) is 27.8 Å². The highest BCUT2D eigenvalue weighted by Gasteiger charge is 2.19. The number of aliphatic hydroxyl groups is 1. The summed E-state index contributed by atoms with van der Waals surface area (Å²) in [6, 6.07) is 0.155. The number of hydrogen-bond acceptors (Lipinski definition) is 2. The minimum absolute atomic E-state index is 0.155. The second-order valence-corrected chi connectivity index (χ2v) is 2.66. The quantitative estimate of drug-likeness (QED) is 0.547. The zero-order chi connectivity index (χ0) is 6.78. The lowest BCUT2D eigenvalue weighted by molar-refractivity contribution is 0.0472. The summed E-state index contributed by atoms with van der Waals surface area (Å²) in [5.74, 6) is 0. The number of nitrogens with one attached hydrogen (secondary N) is 1. The fourth-order valence-corrected chi connectivity index (χ4v) is 0.353. The van der Waals surface area contributed by atoms with E-state index in [4.69, 9.17) is 0 Å². The molecule has 2 nitrogen and oxygen atoms in total. The highest BCUT2D eigenvalue weighted by atomic mass is 16.3. The van der Waals surface area contributed by atoms with Crippen LogP contribution in [0.1, 0.15) is 20.8 Å². The van der Waals surface area contributed by atoms with E-state index in [1.165, 1.54) is 0 Å². The molecule has 0 amide bonds. The van der Waals surface area contributed by atoms with Crippen LogP contribution in [0.2, 0.25) is 0 Å². The van der Waals surface area contributed by atoms with Crippen LogP contribution in [0.5, 0.6) is 0 Å². The molecule has 0 bridgehead atoms. The summed E-state index contributed by atoms with van der Waals surface area (Å²) in [6.45, 7) is 5.52. The highest BCUT2D eigenvalue weighted by molar-refractivity contribution is 4.77. The third-order valence-electron chi connectivity index (χ3n) is 1.49. The van der Waals surface area contributed by atoms with E-state index in [1.54, 1.807) is 13.8 Å². The van der Waals surface area contributed by atoms with Gasteiger partial charge < -0.3 is 10.4 Å². The van der Waals surface area contributed by atoms with Gasteiger partial charge >= 0.3 is 0 Å². The minimum Gasteiger partial charge on any atom is -0.389 e. The van der Waals surface area contributed by atoms with E-state index >= 15 is 0 Å². The van der Waals surface area contributed by atoms with Crippen LogP contribution in [0.15, 0.2) is 0 Å². The fourth-order valence-electron chi connectivity index (χ4n) is 0.353. The molecular formula is C6H15NO. The minimum atomic E-state index is -0.602. The van der Waals surface area contributed by atoms with E-state index in [-0.39, 0.29) is 6.04 Å². The van der Waals surface area contributed by atoms with Gasteiger partial charge in [0.2, 0.25) is 0 Å². The molecule has 0 heterocycles. The molecule has 2 heteroatoms. The Morgan fingerprint density at radius 1 is 1.50 bits per heavy atom. The van der Waals surface area contributed by atoms with Gasteiger partial charge in [0.15, 0.2) is 0 Å². The van der Waals surface area contributed by atoms with Crippen LogP contribution in [0.25, 0.3) is 0 Å². The van der Waals surface area contributed by atoms with Crippen molar-refractivity contribution in [3.63, 3.8) is 0 Å². The first kappa shape index (κ1) is 7.92. The number of rotatable bonds is 2. The van der Waals surface area contributed by atoms with Gasteiger partial charge in [-0.3, -0.25) is 0 Å². The molecule has 2 N–H and O–H groups in total. The topological polar surface area (TPSA) is 32.3 Å². The average molecular weight is 117 g/mol. The Kier molecular flexibility index (Phi) is 2.44. The third-order valence-corrected chi connectivity index (χ3v) is 1.49. The van der Waals surface area contributed by atoms with Crippen molar-refractivity contribution in [3.8, 4) is 0 Å². The van der Waals surface area contributed by atoms with Gasteiger partial charge in [-0.25, -0.2) is 0 Å². The molecule has 50 valence electrons. The van der Waals surface area contributed by atoms with E-state index in [1.807, 2.05) is 14.0 Å². The summed E-state index contributed by atoms with van der Waals surface area (Å²) in [7, 11) is 1.84. The fraction of sp³-hybridized carbons (Fsp3) is 1.00. The van der Waals surface area contributed by atoms with Gasteiger partial charge in [-0.1, -0.05) is 0 Å². The first-order chi connectivity index (χ1) is 3.48. The van der Waals surface area contributed by atoms with E-state index in [0.29, 0.717) is 0 Å². The van der Waals surface area contributed by atoms with Crippen molar-refractivity contribution in [2.24, 2.45) is 0 Å². The summed E-state index contributed by atoms with van der Waals surface area (Å²) < 4.78 is 0. The van der Waals surface area contributed by atoms with Crippen molar-refractivity contribution in [1.29, 1.82) is 0 Å². The standard InChI is InChI=1S/C6H15NO/c1-5(7-4)6(2,3)8/h5,7-8H,1-4H3/t5-/m0/s1. The third kappa shape index (κ3) is 2.28. The molecule has 0 radical (unpaired) electrons. The summed E-state index contributed by atoms with van der Waals surface area (Å²) in [5, 5.41) is 12.2. The highest BCUT2D eigenvalue weighted by Crippen LogP contribution is 2.05. The van der Waals surface area contributed by atoms with Crippen LogP contribution in [-0.4, -0.2) is 23.8 Å². The summed E-state index contributed by atoms with van der Waals surface area (Å²) in [4.78, 5) is 0. The van der Waals surface area contributed by atoms with Crippen LogP contribution in [0.3, 0.4) is 0 Å². The molecule has 8 heavy (non-hydrogen) atoms. The molecule has 0 spiro atoms. The second kappa shape index (κ2) is 2.46. The molecule has 0 saturated heterocycles. The molecule has 0 aliphatic heterocycles. The van der Waals surface area contributed by atoms with Crippen molar-refractivity contribution in [3.05, 3.63) is 0 Å². The molecule has 0 aliphatic carbocycles. The Hall–Kier alpha value is -0.0800. The average Bonchev–Trinajstić information content (AvgIpc) is 1.62. The normalized spacial score (nSPS) is 16.1. The van der Waals surface area contributed by atoms with Gasteiger partial charge in [-0.15, -0.1) is 0 Å². The Balaban J connectivity index is 3.62. The van der Waals surface area contributed by atoms with E-state index in [9.17, 15) is 5.11 Å². The van der Waals surface area contributed by atoms with Gasteiger partial charge in [-0.2, -0.15) is 0 Å². The SMILES string of the molecule is CN[C@@H](C)C(C)(C)O. The molecule has 0 saturated carbocycles. The number of likely N-dealkylation sites (N-methyl/N-ethyl adjacent to an activating group) is 1. The van der Waals surface area contributed by atoms with Crippen LogP contribution in [-0.2, 0) is 0 Å². The molecule has 0 rings (SSSR count). The van der Waals surface area contributed by atoms with Gasteiger partial charge in [0, 0.05) is 6.04 Å². The van der Waals surface area contributed by atoms with Crippen molar-refractivity contribution in [2.45, 2.75) is 32.4 Å². The van der Waals surface area contributed by atoms with E-state index in [0.717, 1.165) is 0 Å². The van der Waals surface area contributed by atoms with Crippen molar-refractivity contribution in [1.82, 2.24) is 5.32 Å². The van der Waals surface area contributed by atoms with Crippen LogP contribution in [0.4, 0.5) is 0 Å². The molecule has 0 unspecified atom stereocenters. The zero-order valence-electron chi connectivity index (χ0n) is 6.02. The summed E-state index contributed by atoms with van der Waals surface area (Å²) in [6.07, 6.45) is 0. The first-order valence-corrected chi connectivity index (χ1v) is 2.88. The Morgan fingerprint density at radius 2 is 1.88 bits per heavy atom. The van der Waals surface area contributed by atoms with Crippen LogP contribution in [0, 0.1) is 0 Å². The molecule has 0 aliphatic rings. The summed E-state index contributed by atoms with van der Waals surface area (Å²) >= 11 is 0. The lowest BCUT2D eigenvalue weighted by Gasteiger charge is -2.24. The summed E-state index contributed by atoms with van der Waals surface area (Å²) in [5.41, 5.74) is -0.602. The maximum absolute atomic E-state index is 9.22. The lowest BCUT2D eigenvalue weighted by atomic mass is 10.0. The molecular weight excluding hydrogens is 102 g/mol. The molecule has 1 atom stereocenters. The Labute approximate surface area is 50.9 Å². The maximum Gasteiger partial charge on any atom is 0.0741 e. The predicted octanol–water partition coefficient (Wildman–Crippen LogP) is 0.365. The van der Waals surface area contributed by atoms with E-state index < -0.39 is 5.60 Å². The smallest absolute Gasteiger partial charge is 0.0741 e. The number of hydrogen-bond donors (Lipinski definition) is 2. The lowest BCUT2D eigenvalue weighted by Crippen LogP contribution is -2.42. The van der Waals surface area contributed by atoms with E-state index in [2.05, 4.69) is 5.32 Å². The predicted molar refractivity (Wildman–Crippen MR) is 34.8 cm³/mol. The van der Waals surface area contributed by atoms with Crippen molar-refractivity contribution in [2.75, 3.05) is 7.05 Å². The molecule has 0 aromatic carbocycles. The Morgan fingerprint density at radius 3 is 1.88 bits per heavy atom. The Bertz CT molecular complexity index is 65.4. The monoisotopic (exact) mass is 117 g/mol. The van der Waals surface area contributed by atoms with Crippen LogP contribution < -0.4 is 5.32 Å². The zero-order valence-corrected chi connectivity index (χ0v) is 6.02. The molecule has 0 fully saturated rings. The van der Waals surface area contributed by atoms with Gasteiger partial charge in [0.25, 0.3) is 0 Å². The second-order valence-electron chi connectivity index (χ2n) is 2.66. The molecule has 0 aromatic rings. The van der Waals surface area contributed by atoms with Gasteiger partial charge in [0.05, 0.1) is 5.60 Å². The largest absolute Gasteiger partial charge is 0.389 e. The maximum atomic E-state index is 9.22. The van der Waals surface area contributed by atoms with Crippen molar-refractivity contribution >= 4 is 0 Å². The first-order valence-electron chi connectivity index (χ1n) is 2.88.